The highest BCUT2D eigenvalue weighted by Crippen LogP contribution is 2.22. The Kier molecular flexibility index (Phi) is 5.17. The van der Waals surface area contributed by atoms with Gasteiger partial charge in [-0.2, -0.15) is 0 Å². The number of rotatable bonds is 7. The second-order valence-corrected chi connectivity index (χ2v) is 7.21. The van der Waals surface area contributed by atoms with Gasteiger partial charge in [0.1, 0.15) is 5.76 Å². The summed E-state index contributed by atoms with van der Waals surface area (Å²) in [6.07, 6.45) is 1.61. The molecule has 0 saturated carbocycles. The van der Waals surface area contributed by atoms with Crippen molar-refractivity contribution in [3.8, 4) is 0 Å². The molecule has 0 bridgehead atoms. The van der Waals surface area contributed by atoms with Gasteiger partial charge >= 0.3 is 0 Å². The fourth-order valence-electron chi connectivity index (χ4n) is 2.00. The maximum atomic E-state index is 11.8. The highest BCUT2D eigenvalue weighted by atomic mass is 32.2. The molecule has 0 aliphatic heterocycles. The van der Waals surface area contributed by atoms with Gasteiger partial charge < -0.3 is 9.73 Å². The monoisotopic (exact) mass is 308 g/mol. The second-order valence-electron chi connectivity index (χ2n) is 4.91. The maximum absolute atomic E-state index is 11.8. The molecule has 2 aromatic rings. The van der Waals surface area contributed by atoms with Crippen molar-refractivity contribution in [2.24, 2.45) is 0 Å². The van der Waals surface area contributed by atoms with Gasteiger partial charge in [-0.1, -0.05) is 30.3 Å². The smallest absolute Gasteiger partial charge is 0.214 e. The Bertz CT molecular complexity index is 637. The van der Waals surface area contributed by atoms with Gasteiger partial charge in [0.2, 0.25) is 10.0 Å². The minimum Gasteiger partial charge on any atom is -0.467 e. The molecule has 0 aliphatic rings. The van der Waals surface area contributed by atoms with Crippen molar-refractivity contribution in [1.82, 2.24) is 9.62 Å². The van der Waals surface area contributed by atoms with E-state index in [9.17, 15) is 8.42 Å². The van der Waals surface area contributed by atoms with E-state index >= 15 is 0 Å². The Morgan fingerprint density at radius 3 is 2.43 bits per heavy atom. The Morgan fingerprint density at radius 1 is 1.14 bits per heavy atom. The molecule has 0 aliphatic carbocycles. The van der Waals surface area contributed by atoms with Crippen molar-refractivity contribution in [3.63, 3.8) is 0 Å². The van der Waals surface area contributed by atoms with E-state index in [1.807, 2.05) is 42.5 Å². The van der Waals surface area contributed by atoms with Crippen LogP contribution in [0.1, 0.15) is 17.4 Å². The molecule has 0 fully saturated rings. The van der Waals surface area contributed by atoms with Crippen LogP contribution in [-0.2, 0) is 10.0 Å². The number of nitrogens with one attached hydrogen (secondary N) is 1. The zero-order valence-electron chi connectivity index (χ0n) is 12.2. The molecular weight excluding hydrogens is 288 g/mol. The molecule has 2 rings (SSSR count). The largest absolute Gasteiger partial charge is 0.467 e. The first-order chi connectivity index (χ1) is 10.0. The molecule has 0 spiro atoms. The van der Waals surface area contributed by atoms with E-state index < -0.39 is 10.0 Å². The average molecular weight is 308 g/mol. The number of benzene rings is 1. The highest BCUT2D eigenvalue weighted by Gasteiger charge is 2.18. The number of hydrogen-bond acceptors (Lipinski definition) is 4. The van der Waals surface area contributed by atoms with Crippen LogP contribution in [0.2, 0.25) is 0 Å². The zero-order chi connectivity index (χ0) is 15.3. The van der Waals surface area contributed by atoms with E-state index in [1.165, 1.54) is 18.4 Å². The molecule has 6 heteroatoms. The van der Waals surface area contributed by atoms with Crippen LogP contribution in [0.25, 0.3) is 0 Å². The molecule has 1 unspecified atom stereocenters. The first-order valence-corrected chi connectivity index (χ1v) is 8.33. The molecule has 0 amide bonds. The van der Waals surface area contributed by atoms with E-state index in [0.29, 0.717) is 6.54 Å². The van der Waals surface area contributed by atoms with Crippen molar-refractivity contribution < 1.29 is 12.8 Å². The van der Waals surface area contributed by atoms with Crippen LogP contribution in [0.15, 0.2) is 53.1 Å². The third-order valence-electron chi connectivity index (χ3n) is 3.23. The molecule has 1 heterocycles. The Hall–Kier alpha value is -1.63. The number of sulfonamides is 1. The van der Waals surface area contributed by atoms with Crippen LogP contribution in [0.3, 0.4) is 0 Å². The summed E-state index contributed by atoms with van der Waals surface area (Å²) in [6, 6.07) is 13.4. The molecule has 0 radical (unpaired) electrons. The molecular formula is C15H20N2O3S. The van der Waals surface area contributed by atoms with E-state index in [-0.39, 0.29) is 11.8 Å². The summed E-state index contributed by atoms with van der Waals surface area (Å²) in [5, 5.41) is 3.25. The summed E-state index contributed by atoms with van der Waals surface area (Å²) in [7, 11) is -0.128. The van der Waals surface area contributed by atoms with Crippen molar-refractivity contribution in [2.45, 2.75) is 6.04 Å². The lowest BCUT2D eigenvalue weighted by molar-refractivity contribution is 0.449. The quantitative estimate of drug-likeness (QED) is 0.848. The molecule has 21 heavy (non-hydrogen) atoms. The summed E-state index contributed by atoms with van der Waals surface area (Å²) in [5.41, 5.74) is 1.04. The van der Waals surface area contributed by atoms with Gasteiger partial charge in [-0.25, -0.2) is 12.7 Å². The number of hydrogen-bond donors (Lipinski definition) is 1. The van der Waals surface area contributed by atoms with Crippen molar-refractivity contribution in [1.29, 1.82) is 0 Å². The normalized spacial score (nSPS) is 13.5. The van der Waals surface area contributed by atoms with Gasteiger partial charge in [0.25, 0.3) is 0 Å². The van der Waals surface area contributed by atoms with Crippen LogP contribution in [0, 0.1) is 0 Å². The van der Waals surface area contributed by atoms with Crippen LogP contribution >= 0.6 is 0 Å². The van der Waals surface area contributed by atoms with Crippen molar-refractivity contribution >= 4 is 10.0 Å². The fraction of sp³-hybridized carbons (Fsp3) is 0.333. The lowest BCUT2D eigenvalue weighted by atomic mass is 10.0. The van der Waals surface area contributed by atoms with E-state index in [0.717, 1.165) is 11.3 Å². The third-order valence-corrected chi connectivity index (χ3v) is 5.06. The Balaban J connectivity index is 2.08. The SMILES string of the molecule is CN(C)S(=O)(=O)CCNC(c1ccccc1)c1ccco1. The summed E-state index contributed by atoms with van der Waals surface area (Å²) < 4.78 is 30.3. The second kappa shape index (κ2) is 6.89. The number of nitrogens with zero attached hydrogens (tertiary/aromatic N) is 1. The minimum atomic E-state index is -3.20. The summed E-state index contributed by atoms with van der Waals surface area (Å²) >= 11 is 0. The lowest BCUT2D eigenvalue weighted by Crippen LogP contribution is -2.33. The van der Waals surface area contributed by atoms with Gasteiger partial charge in [-0.3, -0.25) is 0 Å². The predicted molar refractivity (Wildman–Crippen MR) is 82.5 cm³/mol. The van der Waals surface area contributed by atoms with Crippen LogP contribution in [0.5, 0.6) is 0 Å². The van der Waals surface area contributed by atoms with Crippen molar-refractivity contribution in [3.05, 3.63) is 60.1 Å². The van der Waals surface area contributed by atoms with Gasteiger partial charge in [0, 0.05) is 20.6 Å². The molecule has 0 saturated heterocycles. The van der Waals surface area contributed by atoms with Crippen LogP contribution in [-0.4, -0.2) is 39.1 Å². The maximum Gasteiger partial charge on any atom is 0.214 e. The van der Waals surface area contributed by atoms with Gasteiger partial charge in [-0.15, -0.1) is 0 Å². The predicted octanol–water partition coefficient (Wildman–Crippen LogP) is 1.85. The molecule has 1 atom stereocenters. The summed E-state index contributed by atoms with van der Waals surface area (Å²) in [6.45, 7) is 0.348. The molecule has 5 nitrogen and oxygen atoms in total. The van der Waals surface area contributed by atoms with Gasteiger partial charge in [-0.05, 0) is 17.7 Å². The topological polar surface area (TPSA) is 62.6 Å². The molecule has 1 aromatic heterocycles. The Labute approximate surface area is 125 Å². The number of furan rings is 1. The van der Waals surface area contributed by atoms with Gasteiger partial charge in [0.15, 0.2) is 0 Å². The first kappa shape index (κ1) is 15.8. The minimum absolute atomic E-state index is 0.0457. The van der Waals surface area contributed by atoms with E-state index in [2.05, 4.69) is 5.32 Å². The summed E-state index contributed by atoms with van der Waals surface area (Å²) in [4.78, 5) is 0. The average Bonchev–Trinajstić information content (AvgIpc) is 2.98. The molecule has 1 N–H and O–H groups in total. The summed E-state index contributed by atoms with van der Waals surface area (Å²) in [5.74, 6) is 0.813. The lowest BCUT2D eigenvalue weighted by Gasteiger charge is -2.18. The zero-order valence-corrected chi connectivity index (χ0v) is 13.0. The van der Waals surface area contributed by atoms with E-state index in [1.54, 1.807) is 6.26 Å². The van der Waals surface area contributed by atoms with Crippen LogP contribution < -0.4 is 5.32 Å². The van der Waals surface area contributed by atoms with E-state index in [4.69, 9.17) is 4.42 Å². The fourth-order valence-corrected chi connectivity index (χ4v) is 2.74. The Morgan fingerprint density at radius 2 is 1.86 bits per heavy atom. The first-order valence-electron chi connectivity index (χ1n) is 6.72. The van der Waals surface area contributed by atoms with Crippen molar-refractivity contribution in [2.75, 3.05) is 26.4 Å². The third kappa shape index (κ3) is 4.17. The van der Waals surface area contributed by atoms with Gasteiger partial charge in [0.05, 0.1) is 18.1 Å². The molecule has 1 aromatic carbocycles. The molecule has 114 valence electrons. The standard InChI is InChI=1S/C15H20N2O3S/c1-17(2)21(18,19)12-10-16-15(14-9-6-11-20-14)13-7-4-3-5-8-13/h3-9,11,15-16H,10,12H2,1-2H3. The van der Waals surface area contributed by atoms with Crippen LogP contribution in [0.4, 0.5) is 0 Å². The highest BCUT2D eigenvalue weighted by molar-refractivity contribution is 7.89.